The second-order valence-corrected chi connectivity index (χ2v) is 10.7. The Morgan fingerprint density at radius 2 is 1.75 bits per heavy atom. The molecular weight excluding hydrogens is 508 g/mol. The van der Waals surface area contributed by atoms with E-state index in [0.29, 0.717) is 25.3 Å². The van der Waals surface area contributed by atoms with Crippen LogP contribution in [-0.2, 0) is 32.3 Å². The predicted molar refractivity (Wildman–Crippen MR) is 154 cm³/mol. The van der Waals surface area contributed by atoms with E-state index in [2.05, 4.69) is 24.4 Å². The van der Waals surface area contributed by atoms with Gasteiger partial charge in [0.25, 0.3) is 5.91 Å². The molecule has 214 valence electrons. The standard InChI is InChI=1S/C30H40N6O4/c1-4-5-8-13-32-27(37)19-34(20-29(39)33(3)35-16-22-9-6-7-10-23(22)17-35)26-12-11-25(14-21(26)2)36-18-24(30(31)40)15-28(36)38/h6-7,9-12,14,24H,4-5,8,13,15-20H2,1-3H3,(H2,31,40)(H,32,37). The third-order valence-corrected chi connectivity index (χ3v) is 7.73. The number of hydrazine groups is 1. The Hall–Kier alpha value is -3.92. The molecule has 10 nitrogen and oxygen atoms in total. The fourth-order valence-electron chi connectivity index (χ4n) is 5.32. The van der Waals surface area contributed by atoms with Gasteiger partial charge in [0.05, 0.1) is 19.0 Å². The van der Waals surface area contributed by atoms with E-state index in [1.54, 1.807) is 27.9 Å². The molecule has 1 saturated heterocycles. The lowest BCUT2D eigenvalue weighted by Crippen LogP contribution is -2.48. The number of anilines is 2. The van der Waals surface area contributed by atoms with E-state index in [1.807, 2.05) is 36.2 Å². The normalized spacial score (nSPS) is 16.6. The van der Waals surface area contributed by atoms with E-state index in [0.717, 1.165) is 30.5 Å². The molecule has 2 aromatic carbocycles. The van der Waals surface area contributed by atoms with Crippen molar-refractivity contribution in [2.45, 2.75) is 52.6 Å². The summed E-state index contributed by atoms with van der Waals surface area (Å²) in [5.74, 6) is -1.42. The number of likely N-dealkylation sites (N-methyl/N-ethyl adjacent to an activating group) is 1. The van der Waals surface area contributed by atoms with E-state index < -0.39 is 11.8 Å². The second kappa shape index (κ2) is 13.0. The van der Waals surface area contributed by atoms with Crippen LogP contribution in [0.1, 0.15) is 49.3 Å². The minimum Gasteiger partial charge on any atom is -0.369 e. The van der Waals surface area contributed by atoms with E-state index in [4.69, 9.17) is 5.73 Å². The Morgan fingerprint density at radius 1 is 1.05 bits per heavy atom. The van der Waals surface area contributed by atoms with Gasteiger partial charge in [-0.15, -0.1) is 0 Å². The molecule has 3 N–H and O–H groups in total. The summed E-state index contributed by atoms with van der Waals surface area (Å²) in [6, 6.07) is 13.6. The molecule has 0 spiro atoms. The van der Waals surface area contributed by atoms with Gasteiger partial charge in [0, 0.05) is 51.0 Å². The zero-order valence-electron chi connectivity index (χ0n) is 23.7. The van der Waals surface area contributed by atoms with Crippen molar-refractivity contribution in [3.8, 4) is 0 Å². The molecule has 0 radical (unpaired) electrons. The van der Waals surface area contributed by atoms with Crippen molar-refractivity contribution in [2.24, 2.45) is 11.7 Å². The maximum Gasteiger partial charge on any atom is 0.256 e. The van der Waals surface area contributed by atoms with E-state index in [-0.39, 0.29) is 43.8 Å². The van der Waals surface area contributed by atoms with Gasteiger partial charge in [0.2, 0.25) is 17.7 Å². The highest BCUT2D eigenvalue weighted by Gasteiger charge is 2.34. The number of rotatable bonds is 12. The zero-order valence-corrected chi connectivity index (χ0v) is 23.7. The van der Waals surface area contributed by atoms with Crippen LogP contribution in [-0.4, -0.2) is 66.9 Å². The molecule has 1 unspecified atom stereocenters. The average molecular weight is 549 g/mol. The van der Waals surface area contributed by atoms with Crippen LogP contribution in [0.25, 0.3) is 0 Å². The summed E-state index contributed by atoms with van der Waals surface area (Å²) in [5.41, 5.74) is 10.0. The Morgan fingerprint density at radius 3 is 2.35 bits per heavy atom. The summed E-state index contributed by atoms with van der Waals surface area (Å²) >= 11 is 0. The van der Waals surface area contributed by atoms with Crippen molar-refractivity contribution in [3.63, 3.8) is 0 Å². The minimum atomic E-state index is -0.509. The van der Waals surface area contributed by atoms with Crippen molar-refractivity contribution in [3.05, 3.63) is 59.2 Å². The number of amides is 4. The van der Waals surface area contributed by atoms with E-state index >= 15 is 0 Å². The van der Waals surface area contributed by atoms with Gasteiger partial charge in [-0.2, -0.15) is 0 Å². The smallest absolute Gasteiger partial charge is 0.256 e. The van der Waals surface area contributed by atoms with Crippen molar-refractivity contribution < 1.29 is 19.2 Å². The minimum absolute atomic E-state index is 0.0122. The number of primary amides is 1. The molecule has 40 heavy (non-hydrogen) atoms. The molecule has 0 bridgehead atoms. The summed E-state index contributed by atoms with van der Waals surface area (Å²) in [6.45, 7) is 6.19. The summed E-state index contributed by atoms with van der Waals surface area (Å²) in [6.07, 6.45) is 3.11. The van der Waals surface area contributed by atoms with Crippen molar-refractivity contribution in [2.75, 3.05) is 43.0 Å². The number of carbonyl (C=O) groups is 4. The number of aryl methyl sites for hydroxylation is 1. The molecule has 0 aliphatic carbocycles. The van der Waals surface area contributed by atoms with Crippen LogP contribution in [0.2, 0.25) is 0 Å². The first-order chi connectivity index (χ1) is 19.2. The zero-order chi connectivity index (χ0) is 28.8. The van der Waals surface area contributed by atoms with Gasteiger partial charge in [-0.25, -0.2) is 5.01 Å². The Labute approximate surface area is 236 Å². The molecule has 2 heterocycles. The van der Waals surface area contributed by atoms with Crippen molar-refractivity contribution in [1.29, 1.82) is 0 Å². The highest BCUT2D eigenvalue weighted by atomic mass is 16.2. The van der Waals surface area contributed by atoms with Crippen LogP contribution >= 0.6 is 0 Å². The molecule has 2 aliphatic rings. The topological polar surface area (TPSA) is 119 Å². The molecule has 2 aromatic rings. The average Bonchev–Trinajstić information content (AvgIpc) is 3.54. The molecule has 4 amide bonds. The number of hydrogen-bond acceptors (Lipinski definition) is 6. The lowest BCUT2D eigenvalue weighted by molar-refractivity contribution is -0.145. The van der Waals surface area contributed by atoms with Gasteiger partial charge < -0.3 is 20.9 Å². The third-order valence-electron chi connectivity index (χ3n) is 7.73. The maximum atomic E-state index is 13.5. The Bertz CT molecular complexity index is 1240. The lowest BCUT2D eigenvalue weighted by Gasteiger charge is -2.32. The molecule has 4 rings (SSSR count). The number of nitrogens with one attached hydrogen (secondary N) is 1. The number of fused-ring (bicyclic) bond motifs is 1. The number of unbranched alkanes of at least 4 members (excludes halogenated alkanes) is 2. The molecule has 10 heteroatoms. The van der Waals surface area contributed by atoms with Crippen LogP contribution < -0.4 is 20.9 Å². The van der Waals surface area contributed by atoms with Gasteiger partial charge in [-0.3, -0.25) is 24.2 Å². The number of nitrogens with two attached hydrogens (primary N) is 1. The van der Waals surface area contributed by atoms with Gasteiger partial charge >= 0.3 is 0 Å². The van der Waals surface area contributed by atoms with Crippen LogP contribution in [0.3, 0.4) is 0 Å². The van der Waals surface area contributed by atoms with Crippen LogP contribution in [0.4, 0.5) is 11.4 Å². The number of nitrogens with zero attached hydrogens (tertiary/aromatic N) is 4. The molecule has 1 fully saturated rings. The van der Waals surface area contributed by atoms with Crippen LogP contribution in [0, 0.1) is 12.8 Å². The molecule has 0 aromatic heterocycles. The van der Waals surface area contributed by atoms with Crippen LogP contribution in [0.15, 0.2) is 42.5 Å². The van der Waals surface area contributed by atoms with Gasteiger partial charge in [-0.05, 0) is 48.2 Å². The van der Waals surface area contributed by atoms with E-state index in [1.165, 1.54) is 11.1 Å². The lowest BCUT2D eigenvalue weighted by atomic mass is 10.1. The van der Waals surface area contributed by atoms with Gasteiger partial charge in [-0.1, -0.05) is 44.0 Å². The molecular formula is C30H40N6O4. The van der Waals surface area contributed by atoms with Gasteiger partial charge in [0.1, 0.15) is 0 Å². The van der Waals surface area contributed by atoms with Gasteiger partial charge in [0.15, 0.2) is 0 Å². The van der Waals surface area contributed by atoms with Crippen LogP contribution in [0.5, 0.6) is 0 Å². The summed E-state index contributed by atoms with van der Waals surface area (Å²) in [4.78, 5) is 53.9. The Kier molecular flexibility index (Phi) is 9.42. The third kappa shape index (κ3) is 6.80. The number of benzene rings is 2. The SMILES string of the molecule is CCCCCNC(=O)CN(CC(=O)N(C)N1Cc2ccccc2C1)c1ccc(N2CC(C(N)=O)CC2=O)cc1C. The largest absolute Gasteiger partial charge is 0.369 e. The number of hydrogen-bond donors (Lipinski definition) is 2. The predicted octanol–water partition coefficient (Wildman–Crippen LogP) is 2.34. The first kappa shape index (κ1) is 29.1. The second-order valence-electron chi connectivity index (χ2n) is 10.7. The molecule has 0 saturated carbocycles. The summed E-state index contributed by atoms with van der Waals surface area (Å²) < 4.78 is 0. The quantitative estimate of drug-likeness (QED) is 0.393. The summed E-state index contributed by atoms with van der Waals surface area (Å²) in [7, 11) is 1.77. The van der Waals surface area contributed by atoms with Crippen molar-refractivity contribution in [1.82, 2.24) is 15.3 Å². The fraction of sp³-hybridized carbons (Fsp3) is 0.467. The monoisotopic (exact) mass is 548 g/mol. The first-order valence-corrected chi connectivity index (χ1v) is 14.0. The first-order valence-electron chi connectivity index (χ1n) is 14.0. The fourth-order valence-corrected chi connectivity index (χ4v) is 5.32. The highest BCUT2D eigenvalue weighted by molar-refractivity contribution is 6.00. The number of carbonyl (C=O) groups excluding carboxylic acids is 4. The maximum absolute atomic E-state index is 13.5. The summed E-state index contributed by atoms with van der Waals surface area (Å²) in [5, 5.41) is 6.61. The van der Waals surface area contributed by atoms with E-state index in [9.17, 15) is 19.2 Å². The molecule has 1 atom stereocenters. The Balaban J connectivity index is 1.50. The molecule has 2 aliphatic heterocycles. The van der Waals surface area contributed by atoms with Crippen molar-refractivity contribution >= 4 is 35.0 Å². The highest BCUT2D eigenvalue weighted by Crippen LogP contribution is 2.30.